The smallest absolute Gasteiger partial charge is 0.335 e. The van der Waals surface area contributed by atoms with E-state index in [4.69, 9.17) is 5.11 Å². The van der Waals surface area contributed by atoms with Crippen LogP contribution in [0.5, 0.6) is 0 Å². The van der Waals surface area contributed by atoms with E-state index >= 15 is 0 Å². The van der Waals surface area contributed by atoms with E-state index in [0.717, 1.165) is 18.3 Å². The van der Waals surface area contributed by atoms with Gasteiger partial charge >= 0.3 is 5.97 Å². The quantitative estimate of drug-likeness (QED) is 0.763. The van der Waals surface area contributed by atoms with Crippen LogP contribution in [-0.4, -0.2) is 30.8 Å². The number of halogens is 2. The molecular formula is C15H11F2N5O2. The highest BCUT2D eigenvalue weighted by atomic mass is 19.1. The number of carboxylic acid groups (broad SMARTS) is 1. The lowest BCUT2D eigenvalue weighted by atomic mass is 10.1. The molecule has 3 aromatic rings. The normalized spacial score (nSPS) is 10.6. The summed E-state index contributed by atoms with van der Waals surface area (Å²) >= 11 is 0. The minimum Gasteiger partial charge on any atom is -0.478 e. The first-order valence-corrected chi connectivity index (χ1v) is 6.75. The second-order valence-corrected chi connectivity index (χ2v) is 4.92. The van der Waals surface area contributed by atoms with E-state index in [1.165, 1.54) is 12.3 Å². The van der Waals surface area contributed by atoms with Crippen LogP contribution in [0.4, 0.5) is 20.4 Å². The van der Waals surface area contributed by atoms with Crippen LogP contribution in [0.1, 0.15) is 10.4 Å². The van der Waals surface area contributed by atoms with Crippen molar-refractivity contribution in [1.82, 2.24) is 19.7 Å². The summed E-state index contributed by atoms with van der Waals surface area (Å²) in [5.41, 5.74) is -0.0869. The highest BCUT2D eigenvalue weighted by Crippen LogP contribution is 2.26. The number of carboxylic acids is 1. The number of rotatable bonds is 4. The SMILES string of the molecule is Cn1cc(Nc2ncc(F)c(-c3ccc(C(=O)O)cc3F)n2)cn1. The Bertz CT molecular complexity index is 926. The van der Waals surface area contributed by atoms with Gasteiger partial charge in [0.05, 0.1) is 23.6 Å². The first-order chi connectivity index (χ1) is 11.4. The Morgan fingerprint density at radius 3 is 2.67 bits per heavy atom. The Hall–Kier alpha value is -3.36. The fraction of sp³-hybridized carbons (Fsp3) is 0.0667. The number of nitrogens with one attached hydrogen (secondary N) is 1. The van der Waals surface area contributed by atoms with Gasteiger partial charge in [-0.25, -0.2) is 23.5 Å². The lowest BCUT2D eigenvalue weighted by Crippen LogP contribution is -2.02. The average molecular weight is 331 g/mol. The van der Waals surface area contributed by atoms with E-state index in [0.29, 0.717) is 5.69 Å². The Morgan fingerprint density at radius 2 is 2.04 bits per heavy atom. The van der Waals surface area contributed by atoms with Gasteiger partial charge in [-0.2, -0.15) is 5.10 Å². The molecule has 0 spiro atoms. The molecule has 0 aliphatic heterocycles. The topological polar surface area (TPSA) is 92.9 Å². The molecule has 0 unspecified atom stereocenters. The van der Waals surface area contributed by atoms with Crippen molar-refractivity contribution in [2.45, 2.75) is 0 Å². The van der Waals surface area contributed by atoms with Gasteiger partial charge in [-0.1, -0.05) is 0 Å². The van der Waals surface area contributed by atoms with Gasteiger partial charge in [0.25, 0.3) is 0 Å². The van der Waals surface area contributed by atoms with Crippen LogP contribution in [0.3, 0.4) is 0 Å². The summed E-state index contributed by atoms with van der Waals surface area (Å²) < 4.78 is 29.7. The van der Waals surface area contributed by atoms with Crippen LogP contribution in [0.2, 0.25) is 0 Å². The molecule has 122 valence electrons. The molecule has 2 heterocycles. The third-order valence-electron chi connectivity index (χ3n) is 3.18. The first kappa shape index (κ1) is 15.5. The Morgan fingerprint density at radius 1 is 1.25 bits per heavy atom. The second kappa shape index (κ2) is 6.03. The van der Waals surface area contributed by atoms with Crippen LogP contribution in [-0.2, 0) is 7.05 Å². The van der Waals surface area contributed by atoms with Crippen molar-refractivity contribution in [2.24, 2.45) is 7.05 Å². The zero-order valence-corrected chi connectivity index (χ0v) is 12.4. The number of aromatic carboxylic acids is 1. The second-order valence-electron chi connectivity index (χ2n) is 4.92. The number of anilines is 2. The van der Waals surface area contributed by atoms with Crippen LogP contribution < -0.4 is 5.32 Å². The zero-order chi connectivity index (χ0) is 17.3. The van der Waals surface area contributed by atoms with Crippen molar-refractivity contribution in [3.63, 3.8) is 0 Å². The molecule has 0 aliphatic carbocycles. The lowest BCUT2D eigenvalue weighted by molar-refractivity contribution is 0.0696. The predicted octanol–water partition coefficient (Wildman–Crippen LogP) is 2.60. The van der Waals surface area contributed by atoms with Crippen LogP contribution in [0.25, 0.3) is 11.3 Å². The molecule has 24 heavy (non-hydrogen) atoms. The van der Waals surface area contributed by atoms with Crippen LogP contribution in [0, 0.1) is 11.6 Å². The van der Waals surface area contributed by atoms with Crippen molar-refractivity contribution in [1.29, 1.82) is 0 Å². The fourth-order valence-corrected chi connectivity index (χ4v) is 2.07. The molecule has 0 fully saturated rings. The summed E-state index contributed by atoms with van der Waals surface area (Å²) in [6, 6.07) is 3.15. The Kier molecular flexibility index (Phi) is 3.90. The molecule has 0 atom stereocenters. The highest BCUT2D eigenvalue weighted by Gasteiger charge is 2.16. The number of carbonyl (C=O) groups is 1. The largest absolute Gasteiger partial charge is 0.478 e. The molecule has 7 nitrogen and oxygen atoms in total. The molecule has 3 rings (SSSR count). The molecule has 2 aromatic heterocycles. The van der Waals surface area contributed by atoms with Crippen LogP contribution >= 0.6 is 0 Å². The third kappa shape index (κ3) is 3.05. The summed E-state index contributed by atoms with van der Waals surface area (Å²) in [4.78, 5) is 18.6. The minimum atomic E-state index is -1.28. The molecule has 0 saturated heterocycles. The molecule has 0 aliphatic rings. The Balaban J connectivity index is 1.98. The molecule has 0 radical (unpaired) electrons. The number of nitrogens with zero attached hydrogens (tertiary/aromatic N) is 4. The van der Waals surface area contributed by atoms with Gasteiger partial charge in [0, 0.05) is 18.8 Å². The standard InChI is InChI=1S/C15H11F2N5O2/c1-22-7-9(5-19-22)20-15-18-6-12(17)13(21-15)10-3-2-8(14(23)24)4-11(10)16/h2-7H,1H3,(H,23,24)(H,18,20,21). The van der Waals surface area contributed by atoms with Gasteiger partial charge < -0.3 is 10.4 Å². The van der Waals surface area contributed by atoms with Gasteiger partial charge in [0.1, 0.15) is 11.5 Å². The van der Waals surface area contributed by atoms with Crippen molar-refractivity contribution >= 4 is 17.6 Å². The van der Waals surface area contributed by atoms with E-state index in [1.54, 1.807) is 17.9 Å². The molecular weight excluding hydrogens is 320 g/mol. The number of aromatic nitrogens is 4. The summed E-state index contributed by atoms with van der Waals surface area (Å²) in [6.45, 7) is 0. The minimum absolute atomic E-state index is 0.0566. The summed E-state index contributed by atoms with van der Waals surface area (Å²) in [5, 5.41) is 15.6. The summed E-state index contributed by atoms with van der Waals surface area (Å²) in [7, 11) is 1.72. The maximum absolute atomic E-state index is 14.1. The van der Waals surface area contributed by atoms with E-state index in [2.05, 4.69) is 20.4 Å². The van der Waals surface area contributed by atoms with E-state index < -0.39 is 17.6 Å². The van der Waals surface area contributed by atoms with Gasteiger partial charge in [0.2, 0.25) is 5.95 Å². The molecule has 9 heteroatoms. The summed E-state index contributed by atoms with van der Waals surface area (Å²) in [6.07, 6.45) is 4.09. The molecule has 0 bridgehead atoms. The van der Waals surface area contributed by atoms with Gasteiger partial charge in [-0.3, -0.25) is 4.68 Å². The van der Waals surface area contributed by atoms with E-state index in [-0.39, 0.29) is 22.8 Å². The van der Waals surface area contributed by atoms with Crippen LogP contribution in [0.15, 0.2) is 36.8 Å². The van der Waals surface area contributed by atoms with E-state index in [9.17, 15) is 13.6 Å². The molecule has 0 saturated carbocycles. The number of aryl methyl sites for hydroxylation is 1. The average Bonchev–Trinajstić information content (AvgIpc) is 2.94. The number of benzene rings is 1. The van der Waals surface area contributed by atoms with Crippen molar-refractivity contribution in [2.75, 3.05) is 5.32 Å². The molecule has 0 amide bonds. The lowest BCUT2D eigenvalue weighted by Gasteiger charge is -2.07. The Labute approximate surface area is 134 Å². The van der Waals surface area contributed by atoms with Crippen molar-refractivity contribution in [3.8, 4) is 11.3 Å². The zero-order valence-electron chi connectivity index (χ0n) is 12.4. The van der Waals surface area contributed by atoms with Crippen molar-refractivity contribution < 1.29 is 18.7 Å². The summed E-state index contributed by atoms with van der Waals surface area (Å²) in [5.74, 6) is -2.93. The maximum Gasteiger partial charge on any atom is 0.335 e. The molecule has 2 N–H and O–H groups in total. The van der Waals surface area contributed by atoms with E-state index in [1.807, 2.05) is 0 Å². The number of hydrogen-bond donors (Lipinski definition) is 2. The number of hydrogen-bond acceptors (Lipinski definition) is 5. The van der Waals surface area contributed by atoms with Crippen molar-refractivity contribution in [3.05, 3.63) is 54.0 Å². The first-order valence-electron chi connectivity index (χ1n) is 6.75. The monoisotopic (exact) mass is 331 g/mol. The predicted molar refractivity (Wildman–Crippen MR) is 80.8 cm³/mol. The maximum atomic E-state index is 14.1. The van der Waals surface area contributed by atoms with Gasteiger partial charge in [-0.15, -0.1) is 0 Å². The van der Waals surface area contributed by atoms with Gasteiger partial charge in [0.15, 0.2) is 5.82 Å². The van der Waals surface area contributed by atoms with Gasteiger partial charge in [-0.05, 0) is 18.2 Å². The molecule has 1 aromatic carbocycles. The highest BCUT2D eigenvalue weighted by molar-refractivity contribution is 5.88. The third-order valence-corrected chi connectivity index (χ3v) is 3.18. The fourth-order valence-electron chi connectivity index (χ4n) is 2.07.